The van der Waals surface area contributed by atoms with E-state index in [-0.39, 0.29) is 0 Å². The molecule has 1 unspecified atom stereocenters. The molecule has 0 aliphatic carbocycles. The third kappa shape index (κ3) is 3.30. The Hall–Kier alpha value is -2.16. The first kappa shape index (κ1) is 13.8. The van der Waals surface area contributed by atoms with Crippen molar-refractivity contribution in [3.8, 4) is 11.5 Å². The zero-order valence-electron chi connectivity index (χ0n) is 12.3. The van der Waals surface area contributed by atoms with Crippen molar-refractivity contribution in [3.63, 3.8) is 0 Å². The molecule has 1 aliphatic rings. The minimum atomic E-state index is 0.316. The van der Waals surface area contributed by atoms with Gasteiger partial charge in [-0.15, -0.1) is 0 Å². The van der Waals surface area contributed by atoms with Crippen LogP contribution in [0.25, 0.3) is 0 Å². The Morgan fingerprint density at radius 3 is 2.67 bits per heavy atom. The average molecular weight is 283 g/mol. The van der Waals surface area contributed by atoms with Crippen LogP contribution in [-0.4, -0.2) is 6.79 Å². The van der Waals surface area contributed by atoms with Gasteiger partial charge in [0.25, 0.3) is 0 Å². The maximum absolute atomic E-state index is 5.45. The molecule has 0 saturated carbocycles. The molecular weight excluding hydrogens is 262 g/mol. The van der Waals surface area contributed by atoms with Crippen molar-refractivity contribution in [2.75, 3.05) is 12.1 Å². The van der Waals surface area contributed by atoms with Crippen LogP contribution < -0.4 is 14.8 Å². The molecule has 0 fully saturated rings. The highest BCUT2D eigenvalue weighted by atomic mass is 16.7. The summed E-state index contributed by atoms with van der Waals surface area (Å²) in [6.45, 7) is 2.54. The van der Waals surface area contributed by atoms with Crippen LogP contribution in [0.2, 0.25) is 0 Å². The van der Waals surface area contributed by atoms with Crippen LogP contribution in [0.4, 0.5) is 5.69 Å². The van der Waals surface area contributed by atoms with E-state index in [0.717, 1.165) is 23.6 Å². The molecule has 3 rings (SSSR count). The molecule has 2 aromatic carbocycles. The van der Waals surface area contributed by atoms with Gasteiger partial charge in [0, 0.05) is 11.8 Å². The Kier molecular flexibility index (Phi) is 4.29. The Labute approximate surface area is 125 Å². The van der Waals surface area contributed by atoms with Crippen LogP contribution in [0, 0.1) is 0 Å². The number of fused-ring (bicyclic) bond motifs is 1. The average Bonchev–Trinajstić information content (AvgIpc) is 3.00. The van der Waals surface area contributed by atoms with Gasteiger partial charge >= 0.3 is 0 Å². The first-order chi connectivity index (χ1) is 10.4. The van der Waals surface area contributed by atoms with Crippen LogP contribution in [0.5, 0.6) is 11.5 Å². The van der Waals surface area contributed by atoms with Crippen molar-refractivity contribution in [1.82, 2.24) is 0 Å². The van der Waals surface area contributed by atoms with E-state index in [4.69, 9.17) is 9.47 Å². The van der Waals surface area contributed by atoms with E-state index in [9.17, 15) is 0 Å². The van der Waals surface area contributed by atoms with Crippen molar-refractivity contribution < 1.29 is 9.47 Å². The lowest BCUT2D eigenvalue weighted by atomic mass is 10.0. The summed E-state index contributed by atoms with van der Waals surface area (Å²) in [4.78, 5) is 0. The third-order valence-corrected chi connectivity index (χ3v) is 3.76. The van der Waals surface area contributed by atoms with Gasteiger partial charge in [0.15, 0.2) is 11.5 Å². The summed E-state index contributed by atoms with van der Waals surface area (Å²) in [7, 11) is 0. The number of unbranched alkanes of at least 4 members (excludes halogenated alkanes) is 1. The Balaban J connectivity index is 1.77. The number of hydrogen-bond donors (Lipinski definition) is 1. The minimum absolute atomic E-state index is 0.316. The lowest BCUT2D eigenvalue weighted by Gasteiger charge is -2.20. The predicted octanol–water partition coefficient (Wildman–Crippen LogP) is 4.76. The minimum Gasteiger partial charge on any atom is -0.454 e. The van der Waals surface area contributed by atoms with Crippen molar-refractivity contribution in [2.24, 2.45) is 0 Å². The van der Waals surface area contributed by atoms with Gasteiger partial charge in [0.2, 0.25) is 6.79 Å². The third-order valence-electron chi connectivity index (χ3n) is 3.76. The number of ether oxygens (including phenoxy) is 2. The van der Waals surface area contributed by atoms with E-state index in [1.165, 1.54) is 18.4 Å². The molecule has 0 radical (unpaired) electrons. The molecule has 0 saturated heterocycles. The van der Waals surface area contributed by atoms with Gasteiger partial charge < -0.3 is 14.8 Å². The number of nitrogens with one attached hydrogen (secondary N) is 1. The zero-order valence-corrected chi connectivity index (χ0v) is 12.3. The molecule has 21 heavy (non-hydrogen) atoms. The second-order valence-electron chi connectivity index (χ2n) is 5.32. The van der Waals surface area contributed by atoms with Crippen LogP contribution in [0.3, 0.4) is 0 Å². The van der Waals surface area contributed by atoms with E-state index >= 15 is 0 Å². The zero-order chi connectivity index (χ0) is 14.5. The van der Waals surface area contributed by atoms with Gasteiger partial charge in [-0.2, -0.15) is 0 Å². The summed E-state index contributed by atoms with van der Waals surface area (Å²) in [5.74, 6) is 1.65. The fourth-order valence-corrected chi connectivity index (χ4v) is 2.60. The monoisotopic (exact) mass is 283 g/mol. The second-order valence-corrected chi connectivity index (χ2v) is 5.32. The van der Waals surface area contributed by atoms with Gasteiger partial charge in [-0.05, 0) is 24.1 Å². The van der Waals surface area contributed by atoms with Crippen LogP contribution in [0.15, 0.2) is 48.5 Å². The van der Waals surface area contributed by atoms with Crippen molar-refractivity contribution in [1.29, 1.82) is 0 Å². The van der Waals surface area contributed by atoms with Gasteiger partial charge in [-0.25, -0.2) is 0 Å². The summed E-state index contributed by atoms with van der Waals surface area (Å²) < 4.78 is 10.8. The number of benzene rings is 2. The molecule has 0 bridgehead atoms. The summed E-state index contributed by atoms with van der Waals surface area (Å²) >= 11 is 0. The number of rotatable bonds is 6. The fraction of sp³-hybridized carbons (Fsp3) is 0.333. The first-order valence-electron chi connectivity index (χ1n) is 7.58. The predicted molar refractivity (Wildman–Crippen MR) is 84.9 cm³/mol. The van der Waals surface area contributed by atoms with E-state index in [0.29, 0.717) is 12.8 Å². The van der Waals surface area contributed by atoms with Gasteiger partial charge in [-0.3, -0.25) is 0 Å². The maximum Gasteiger partial charge on any atom is 0.231 e. The SMILES string of the molecule is CCCCC(Nc1ccc2c(c1)OCO2)c1ccccc1. The molecule has 1 N–H and O–H groups in total. The summed E-state index contributed by atoms with van der Waals surface area (Å²) in [5, 5.41) is 3.62. The summed E-state index contributed by atoms with van der Waals surface area (Å²) in [6, 6.07) is 17.0. The molecule has 1 heterocycles. The molecule has 1 atom stereocenters. The van der Waals surface area contributed by atoms with Crippen molar-refractivity contribution in [2.45, 2.75) is 32.2 Å². The lowest BCUT2D eigenvalue weighted by molar-refractivity contribution is 0.174. The normalized spacial score (nSPS) is 14.0. The molecule has 110 valence electrons. The molecule has 0 amide bonds. The van der Waals surface area contributed by atoms with E-state index in [1.807, 2.05) is 12.1 Å². The van der Waals surface area contributed by atoms with Crippen molar-refractivity contribution >= 4 is 5.69 Å². The topological polar surface area (TPSA) is 30.5 Å². The van der Waals surface area contributed by atoms with Gasteiger partial charge in [0.1, 0.15) is 0 Å². The van der Waals surface area contributed by atoms with E-state index in [1.54, 1.807) is 0 Å². The van der Waals surface area contributed by atoms with Gasteiger partial charge in [-0.1, -0.05) is 50.1 Å². The largest absolute Gasteiger partial charge is 0.454 e. The van der Waals surface area contributed by atoms with Crippen LogP contribution in [0.1, 0.15) is 37.8 Å². The van der Waals surface area contributed by atoms with E-state index in [2.05, 4.69) is 48.6 Å². The highest BCUT2D eigenvalue weighted by Crippen LogP contribution is 2.35. The Morgan fingerprint density at radius 2 is 1.86 bits per heavy atom. The molecule has 1 aliphatic heterocycles. The van der Waals surface area contributed by atoms with Crippen molar-refractivity contribution in [3.05, 3.63) is 54.1 Å². The second kappa shape index (κ2) is 6.53. The highest BCUT2D eigenvalue weighted by molar-refractivity contribution is 5.56. The maximum atomic E-state index is 5.45. The Bertz CT molecular complexity index is 583. The molecule has 3 heteroatoms. The number of anilines is 1. The number of hydrogen-bond acceptors (Lipinski definition) is 3. The van der Waals surface area contributed by atoms with Crippen LogP contribution >= 0.6 is 0 Å². The lowest BCUT2D eigenvalue weighted by Crippen LogP contribution is -2.10. The highest BCUT2D eigenvalue weighted by Gasteiger charge is 2.15. The van der Waals surface area contributed by atoms with E-state index < -0.39 is 0 Å². The fourth-order valence-electron chi connectivity index (χ4n) is 2.60. The standard InChI is InChI=1S/C18H21NO2/c1-2-3-9-16(14-7-5-4-6-8-14)19-15-10-11-17-18(12-15)21-13-20-17/h4-8,10-12,16,19H,2-3,9,13H2,1H3. The Morgan fingerprint density at radius 1 is 1.05 bits per heavy atom. The quantitative estimate of drug-likeness (QED) is 0.829. The first-order valence-corrected chi connectivity index (χ1v) is 7.58. The molecule has 2 aromatic rings. The summed E-state index contributed by atoms with van der Waals surface area (Å²) in [5.41, 5.74) is 2.40. The molecular formula is C18H21NO2. The molecule has 0 spiro atoms. The molecule has 0 aromatic heterocycles. The smallest absolute Gasteiger partial charge is 0.231 e. The van der Waals surface area contributed by atoms with Crippen LogP contribution in [-0.2, 0) is 0 Å². The molecule has 3 nitrogen and oxygen atoms in total. The summed E-state index contributed by atoms with van der Waals surface area (Å²) in [6.07, 6.45) is 3.53. The van der Waals surface area contributed by atoms with Gasteiger partial charge in [0.05, 0.1) is 6.04 Å².